The summed E-state index contributed by atoms with van der Waals surface area (Å²) in [7, 11) is 0. The van der Waals surface area contributed by atoms with Gasteiger partial charge in [-0.2, -0.15) is 0 Å². The first-order valence-electron chi connectivity index (χ1n) is 9.97. The molecule has 0 saturated carbocycles. The number of rotatable bonds is 7. The third-order valence-corrected chi connectivity index (χ3v) is 6.31. The van der Waals surface area contributed by atoms with E-state index in [4.69, 9.17) is 0 Å². The number of hydrogen-bond acceptors (Lipinski definition) is 2. The van der Waals surface area contributed by atoms with Gasteiger partial charge >= 0.3 is 0 Å². The average Bonchev–Trinajstić information content (AvgIpc) is 3.21. The number of hydrogen-bond donors (Lipinski definition) is 0. The normalized spacial score (nSPS) is 11.0. The van der Waals surface area contributed by atoms with Gasteiger partial charge in [-0.05, 0) is 88.9 Å². The minimum absolute atomic E-state index is 0.786. The fourth-order valence-electron chi connectivity index (χ4n) is 3.72. The maximum absolute atomic E-state index is 11.1. The second-order valence-corrected chi connectivity index (χ2v) is 8.06. The lowest BCUT2D eigenvalue weighted by Gasteiger charge is -2.18. The van der Waals surface area contributed by atoms with Crippen LogP contribution in [0.4, 0.5) is 0 Å². The molecule has 0 radical (unpaired) electrons. The SMILES string of the molecule is CCc1cc(CC)cc(-c2c(CC)cc(-c3ccc(C=O)s3)cc2CC)c1. The molecule has 2 heteroatoms. The van der Waals surface area contributed by atoms with E-state index in [2.05, 4.69) is 64.1 Å². The minimum atomic E-state index is 0.786. The molecule has 0 N–H and O–H groups in total. The van der Waals surface area contributed by atoms with Crippen LogP contribution in [0.3, 0.4) is 0 Å². The average molecular weight is 377 g/mol. The second-order valence-electron chi connectivity index (χ2n) is 6.94. The fraction of sp³-hybridized carbons (Fsp3) is 0.320. The highest BCUT2D eigenvalue weighted by Gasteiger charge is 2.14. The first kappa shape index (κ1) is 19.6. The van der Waals surface area contributed by atoms with E-state index in [1.54, 1.807) is 11.3 Å². The molecule has 1 heterocycles. The molecule has 1 aromatic heterocycles. The Bertz CT molecular complexity index is 901. The predicted molar refractivity (Wildman–Crippen MR) is 118 cm³/mol. The van der Waals surface area contributed by atoms with Crippen molar-refractivity contribution >= 4 is 17.6 Å². The Morgan fingerprint density at radius 2 is 1.33 bits per heavy atom. The van der Waals surface area contributed by atoms with Gasteiger partial charge in [-0.15, -0.1) is 11.3 Å². The third-order valence-electron chi connectivity index (χ3n) is 5.25. The van der Waals surface area contributed by atoms with Crippen LogP contribution in [-0.4, -0.2) is 6.29 Å². The lowest BCUT2D eigenvalue weighted by Crippen LogP contribution is -1.98. The highest BCUT2D eigenvalue weighted by molar-refractivity contribution is 7.17. The molecule has 3 rings (SSSR count). The number of carbonyl (C=O) groups is 1. The third kappa shape index (κ3) is 4.06. The topological polar surface area (TPSA) is 17.1 Å². The molecule has 0 fully saturated rings. The molecule has 0 unspecified atom stereocenters. The molecule has 0 spiro atoms. The first-order valence-corrected chi connectivity index (χ1v) is 10.8. The number of thiophene rings is 1. The van der Waals surface area contributed by atoms with Crippen LogP contribution >= 0.6 is 11.3 Å². The van der Waals surface area contributed by atoms with E-state index < -0.39 is 0 Å². The van der Waals surface area contributed by atoms with E-state index in [1.807, 2.05) is 6.07 Å². The summed E-state index contributed by atoms with van der Waals surface area (Å²) in [6, 6.07) is 15.7. The molecular weight excluding hydrogens is 348 g/mol. The zero-order valence-electron chi connectivity index (χ0n) is 16.8. The number of aryl methyl sites for hydroxylation is 4. The Labute approximate surface area is 167 Å². The molecule has 0 aliphatic carbocycles. The van der Waals surface area contributed by atoms with Crippen molar-refractivity contribution in [1.82, 2.24) is 0 Å². The molecule has 0 aliphatic heterocycles. The first-order chi connectivity index (χ1) is 13.1. The van der Waals surface area contributed by atoms with Crippen LogP contribution in [0.25, 0.3) is 21.6 Å². The van der Waals surface area contributed by atoms with Gasteiger partial charge in [0.1, 0.15) is 0 Å². The van der Waals surface area contributed by atoms with Crippen LogP contribution in [0.1, 0.15) is 59.6 Å². The smallest absolute Gasteiger partial charge is 0.160 e. The lowest BCUT2D eigenvalue weighted by atomic mass is 9.87. The Kier molecular flexibility index (Phi) is 6.28. The van der Waals surface area contributed by atoms with Gasteiger partial charge in [-0.1, -0.05) is 45.9 Å². The Morgan fingerprint density at radius 1 is 0.741 bits per heavy atom. The van der Waals surface area contributed by atoms with Gasteiger partial charge in [0, 0.05) is 4.88 Å². The number of carbonyl (C=O) groups excluding carboxylic acids is 1. The largest absolute Gasteiger partial charge is 0.297 e. The number of aldehydes is 1. The maximum atomic E-state index is 11.1. The van der Waals surface area contributed by atoms with Gasteiger partial charge in [-0.3, -0.25) is 4.79 Å². The molecule has 140 valence electrons. The van der Waals surface area contributed by atoms with Crippen LogP contribution in [0.5, 0.6) is 0 Å². The summed E-state index contributed by atoms with van der Waals surface area (Å²) in [5.74, 6) is 0. The fourth-order valence-corrected chi connectivity index (χ4v) is 4.53. The van der Waals surface area contributed by atoms with Crippen LogP contribution in [0.2, 0.25) is 0 Å². The predicted octanol–water partition coefficient (Wildman–Crippen LogP) is 7.14. The molecule has 0 bridgehead atoms. The Balaban J connectivity index is 2.20. The summed E-state index contributed by atoms with van der Waals surface area (Å²) >= 11 is 1.57. The molecule has 0 saturated heterocycles. The Hall–Kier alpha value is -2.19. The van der Waals surface area contributed by atoms with Crippen LogP contribution in [-0.2, 0) is 25.7 Å². The van der Waals surface area contributed by atoms with Gasteiger partial charge < -0.3 is 0 Å². The van der Waals surface area contributed by atoms with Crippen molar-refractivity contribution in [3.63, 3.8) is 0 Å². The summed E-state index contributed by atoms with van der Waals surface area (Å²) in [6.07, 6.45) is 5.06. The van der Waals surface area contributed by atoms with E-state index >= 15 is 0 Å². The van der Waals surface area contributed by atoms with Crippen molar-refractivity contribution in [3.8, 4) is 21.6 Å². The monoisotopic (exact) mass is 376 g/mol. The molecule has 2 aromatic carbocycles. The maximum Gasteiger partial charge on any atom is 0.160 e. The van der Waals surface area contributed by atoms with Crippen LogP contribution < -0.4 is 0 Å². The molecular formula is C25H28OS. The highest BCUT2D eigenvalue weighted by atomic mass is 32.1. The van der Waals surface area contributed by atoms with Crippen molar-refractivity contribution in [2.24, 2.45) is 0 Å². The zero-order chi connectivity index (χ0) is 19.4. The lowest BCUT2D eigenvalue weighted by molar-refractivity contribution is 0.112. The standard InChI is InChI=1S/C25H28OS/c1-5-17-11-18(6-2)13-22(12-17)25-19(7-3)14-21(15-20(25)8-4)24-10-9-23(16-26)27-24/h9-16H,5-8H2,1-4H3. The van der Waals surface area contributed by atoms with Gasteiger partial charge in [0.05, 0.1) is 4.88 Å². The van der Waals surface area contributed by atoms with Crippen LogP contribution in [0.15, 0.2) is 42.5 Å². The highest BCUT2D eigenvalue weighted by Crippen LogP contribution is 2.36. The molecule has 1 nitrogen and oxygen atoms in total. The summed E-state index contributed by atoms with van der Waals surface area (Å²) < 4.78 is 0. The molecule has 0 atom stereocenters. The number of benzene rings is 2. The van der Waals surface area contributed by atoms with E-state index in [9.17, 15) is 4.79 Å². The molecule has 0 aliphatic rings. The summed E-state index contributed by atoms with van der Waals surface area (Å²) in [6.45, 7) is 8.92. The second kappa shape index (κ2) is 8.67. The van der Waals surface area contributed by atoms with Gasteiger partial charge in [0.2, 0.25) is 0 Å². The van der Waals surface area contributed by atoms with Crippen molar-refractivity contribution in [2.75, 3.05) is 0 Å². The van der Waals surface area contributed by atoms with Crippen molar-refractivity contribution in [3.05, 3.63) is 69.6 Å². The Morgan fingerprint density at radius 3 is 1.78 bits per heavy atom. The minimum Gasteiger partial charge on any atom is -0.297 e. The quantitative estimate of drug-likeness (QED) is 0.400. The van der Waals surface area contributed by atoms with Crippen molar-refractivity contribution < 1.29 is 4.79 Å². The van der Waals surface area contributed by atoms with E-state index in [1.165, 1.54) is 43.8 Å². The van der Waals surface area contributed by atoms with E-state index in [-0.39, 0.29) is 0 Å². The molecule has 0 amide bonds. The van der Waals surface area contributed by atoms with Gasteiger partial charge in [0.15, 0.2) is 6.29 Å². The summed E-state index contributed by atoms with van der Waals surface area (Å²) in [5.41, 5.74) is 9.58. The summed E-state index contributed by atoms with van der Waals surface area (Å²) in [4.78, 5) is 13.0. The summed E-state index contributed by atoms with van der Waals surface area (Å²) in [5, 5.41) is 0. The van der Waals surface area contributed by atoms with E-state index in [0.29, 0.717) is 0 Å². The van der Waals surface area contributed by atoms with E-state index in [0.717, 1.165) is 36.8 Å². The molecule has 27 heavy (non-hydrogen) atoms. The zero-order valence-corrected chi connectivity index (χ0v) is 17.6. The van der Waals surface area contributed by atoms with Gasteiger partial charge in [-0.25, -0.2) is 0 Å². The van der Waals surface area contributed by atoms with Crippen molar-refractivity contribution in [1.29, 1.82) is 0 Å². The molecule has 3 aromatic rings. The van der Waals surface area contributed by atoms with Crippen molar-refractivity contribution in [2.45, 2.75) is 53.4 Å². The van der Waals surface area contributed by atoms with Gasteiger partial charge in [0.25, 0.3) is 0 Å². The van der Waals surface area contributed by atoms with Crippen LogP contribution in [0, 0.1) is 0 Å².